The van der Waals surface area contributed by atoms with Gasteiger partial charge >= 0.3 is 11.9 Å². The van der Waals surface area contributed by atoms with Crippen molar-refractivity contribution in [2.45, 2.75) is 77.7 Å². The number of esters is 2. The highest BCUT2D eigenvalue weighted by Crippen LogP contribution is 2.21. The molecule has 0 heterocycles. The minimum Gasteiger partial charge on any atom is -0.391 e. The topological polar surface area (TPSA) is 80.7 Å². The molecule has 0 aliphatic heterocycles. The van der Waals surface area contributed by atoms with E-state index in [0.717, 1.165) is 12.8 Å². The Hall–Kier alpha value is -1.23. The number of ketones is 1. The van der Waals surface area contributed by atoms with Crippen molar-refractivity contribution in [2.75, 3.05) is 0 Å². The third-order valence-electron chi connectivity index (χ3n) is 3.08. The molecule has 116 valence electrons. The fraction of sp³-hybridized carbons (Fsp3) is 0.800. The van der Waals surface area contributed by atoms with Crippen LogP contribution in [-0.4, -0.2) is 28.4 Å². The fourth-order valence-electron chi connectivity index (χ4n) is 1.86. The van der Waals surface area contributed by atoms with Crippen molar-refractivity contribution in [2.24, 2.45) is 0 Å². The number of aliphatic hydroxyl groups is 1. The maximum atomic E-state index is 12.0. The fourth-order valence-corrected chi connectivity index (χ4v) is 1.86. The van der Waals surface area contributed by atoms with Gasteiger partial charge in [-0.25, -0.2) is 4.79 Å². The van der Waals surface area contributed by atoms with Crippen LogP contribution in [0.15, 0.2) is 0 Å². The van der Waals surface area contributed by atoms with Crippen molar-refractivity contribution < 1.29 is 24.2 Å². The summed E-state index contributed by atoms with van der Waals surface area (Å²) in [5.41, 5.74) is -2.17. The van der Waals surface area contributed by atoms with Gasteiger partial charge in [0.1, 0.15) is 0 Å². The van der Waals surface area contributed by atoms with Crippen molar-refractivity contribution in [3.63, 3.8) is 0 Å². The summed E-state index contributed by atoms with van der Waals surface area (Å²) in [6.07, 6.45) is 3.53. The zero-order valence-electron chi connectivity index (χ0n) is 12.7. The lowest BCUT2D eigenvalue weighted by Gasteiger charge is -2.23. The Morgan fingerprint density at radius 1 is 0.950 bits per heavy atom. The molecule has 5 nitrogen and oxygen atoms in total. The molecule has 0 aliphatic carbocycles. The van der Waals surface area contributed by atoms with Gasteiger partial charge in [-0.2, -0.15) is 0 Å². The maximum absolute atomic E-state index is 12.0. The smallest absolute Gasteiger partial charge is 0.353 e. The van der Waals surface area contributed by atoms with E-state index in [1.807, 2.05) is 6.92 Å². The highest BCUT2D eigenvalue weighted by Gasteiger charge is 2.44. The Bertz CT molecular complexity index is 337. The van der Waals surface area contributed by atoms with Crippen molar-refractivity contribution in [3.8, 4) is 0 Å². The number of ether oxygens (including phenoxy) is 1. The third kappa shape index (κ3) is 5.82. The third-order valence-corrected chi connectivity index (χ3v) is 3.08. The summed E-state index contributed by atoms with van der Waals surface area (Å²) in [4.78, 5) is 35.3. The first-order chi connectivity index (χ1) is 9.42. The van der Waals surface area contributed by atoms with Crippen LogP contribution >= 0.6 is 0 Å². The molecule has 0 rings (SSSR count). The standard InChI is InChI=1S/C15H26O5/c1-4-7-8-11-15(19,12(16)9-5-2)14(18)20-13(17)10-6-3/h19H,4-11H2,1-3H3. The molecule has 1 unspecified atom stereocenters. The van der Waals surface area contributed by atoms with Gasteiger partial charge in [-0.15, -0.1) is 0 Å². The predicted octanol–water partition coefficient (Wildman–Crippen LogP) is 2.54. The second kappa shape index (κ2) is 9.64. The molecule has 0 saturated heterocycles. The van der Waals surface area contributed by atoms with Crippen LogP contribution in [0.25, 0.3) is 0 Å². The summed E-state index contributed by atoms with van der Waals surface area (Å²) in [5.74, 6) is -2.38. The Kier molecular flexibility index (Phi) is 9.05. The van der Waals surface area contributed by atoms with E-state index in [0.29, 0.717) is 19.3 Å². The van der Waals surface area contributed by atoms with Gasteiger partial charge in [0.2, 0.25) is 5.60 Å². The van der Waals surface area contributed by atoms with E-state index in [9.17, 15) is 19.5 Å². The average molecular weight is 286 g/mol. The molecular weight excluding hydrogens is 260 g/mol. The van der Waals surface area contributed by atoms with Gasteiger partial charge in [0, 0.05) is 12.8 Å². The number of rotatable bonds is 10. The van der Waals surface area contributed by atoms with E-state index in [1.165, 1.54) is 0 Å². The number of carbonyl (C=O) groups excluding carboxylic acids is 3. The molecule has 0 aromatic rings. The van der Waals surface area contributed by atoms with E-state index >= 15 is 0 Å². The second-order valence-corrected chi connectivity index (χ2v) is 5.00. The molecule has 0 aromatic heterocycles. The van der Waals surface area contributed by atoms with Gasteiger partial charge in [-0.05, 0) is 25.7 Å². The van der Waals surface area contributed by atoms with Crippen LogP contribution in [-0.2, 0) is 19.1 Å². The first kappa shape index (κ1) is 18.8. The van der Waals surface area contributed by atoms with Gasteiger partial charge in [-0.1, -0.05) is 33.6 Å². The molecule has 20 heavy (non-hydrogen) atoms. The summed E-state index contributed by atoms with van der Waals surface area (Å²) >= 11 is 0. The zero-order chi connectivity index (χ0) is 15.6. The molecule has 0 aliphatic rings. The van der Waals surface area contributed by atoms with Gasteiger partial charge in [-0.3, -0.25) is 9.59 Å². The first-order valence-electron chi connectivity index (χ1n) is 7.43. The highest BCUT2D eigenvalue weighted by atomic mass is 16.6. The summed E-state index contributed by atoms with van der Waals surface area (Å²) < 4.78 is 4.61. The Labute approximate surface area is 120 Å². The van der Waals surface area contributed by atoms with E-state index in [-0.39, 0.29) is 19.3 Å². The Morgan fingerprint density at radius 2 is 1.55 bits per heavy atom. The largest absolute Gasteiger partial charge is 0.391 e. The van der Waals surface area contributed by atoms with E-state index in [1.54, 1.807) is 13.8 Å². The lowest BCUT2D eigenvalue weighted by atomic mass is 9.89. The van der Waals surface area contributed by atoms with Gasteiger partial charge in [0.25, 0.3) is 0 Å². The van der Waals surface area contributed by atoms with Crippen molar-refractivity contribution in [1.82, 2.24) is 0 Å². The minimum atomic E-state index is -2.17. The van der Waals surface area contributed by atoms with Gasteiger partial charge in [0.15, 0.2) is 5.78 Å². The van der Waals surface area contributed by atoms with Crippen LogP contribution in [0.4, 0.5) is 0 Å². The molecule has 0 saturated carbocycles. The van der Waals surface area contributed by atoms with Crippen LogP contribution < -0.4 is 0 Å². The monoisotopic (exact) mass is 286 g/mol. The second-order valence-electron chi connectivity index (χ2n) is 5.00. The Balaban J connectivity index is 4.85. The van der Waals surface area contributed by atoms with Crippen molar-refractivity contribution in [1.29, 1.82) is 0 Å². The van der Waals surface area contributed by atoms with Gasteiger partial charge in [0.05, 0.1) is 0 Å². The molecule has 1 N–H and O–H groups in total. The van der Waals surface area contributed by atoms with Crippen molar-refractivity contribution >= 4 is 17.7 Å². The lowest BCUT2D eigenvalue weighted by Crippen LogP contribution is -2.48. The summed E-state index contributed by atoms with van der Waals surface area (Å²) in [6, 6.07) is 0. The molecule has 0 aromatic carbocycles. The summed E-state index contributed by atoms with van der Waals surface area (Å²) in [7, 11) is 0. The molecule has 5 heteroatoms. The zero-order valence-corrected chi connectivity index (χ0v) is 12.7. The van der Waals surface area contributed by atoms with Crippen LogP contribution in [0.2, 0.25) is 0 Å². The average Bonchev–Trinajstić information content (AvgIpc) is 2.39. The minimum absolute atomic E-state index is 0.0118. The van der Waals surface area contributed by atoms with Crippen LogP contribution in [0.5, 0.6) is 0 Å². The van der Waals surface area contributed by atoms with Crippen molar-refractivity contribution in [3.05, 3.63) is 0 Å². The molecule has 0 spiro atoms. The number of Topliss-reactive ketones (excluding diaryl/α,β-unsaturated/α-hetero) is 1. The van der Waals surface area contributed by atoms with Gasteiger partial charge < -0.3 is 9.84 Å². The molecule has 0 amide bonds. The molecule has 0 bridgehead atoms. The summed E-state index contributed by atoms with van der Waals surface area (Å²) in [5, 5.41) is 10.3. The highest BCUT2D eigenvalue weighted by molar-refractivity contribution is 6.09. The SMILES string of the molecule is CCCCCC(O)(C(=O)CCC)C(=O)OC(=O)CCC. The number of carbonyl (C=O) groups is 3. The van der Waals surface area contributed by atoms with E-state index in [4.69, 9.17) is 0 Å². The number of hydrogen-bond acceptors (Lipinski definition) is 5. The first-order valence-corrected chi connectivity index (χ1v) is 7.43. The van der Waals surface area contributed by atoms with Crippen LogP contribution in [0.1, 0.15) is 72.1 Å². The maximum Gasteiger partial charge on any atom is 0.353 e. The predicted molar refractivity (Wildman–Crippen MR) is 75.0 cm³/mol. The summed E-state index contributed by atoms with van der Waals surface area (Å²) in [6.45, 7) is 5.55. The quantitative estimate of drug-likeness (QED) is 0.379. The number of hydrogen-bond donors (Lipinski definition) is 1. The molecule has 0 radical (unpaired) electrons. The van der Waals surface area contributed by atoms with Crippen LogP contribution in [0.3, 0.4) is 0 Å². The molecular formula is C15H26O5. The molecule has 1 atom stereocenters. The molecule has 0 fully saturated rings. The van der Waals surface area contributed by atoms with E-state index < -0.39 is 23.3 Å². The Morgan fingerprint density at radius 3 is 2.05 bits per heavy atom. The van der Waals surface area contributed by atoms with Crippen LogP contribution in [0, 0.1) is 0 Å². The normalized spacial score (nSPS) is 13.6. The van der Waals surface area contributed by atoms with E-state index in [2.05, 4.69) is 4.74 Å². The lowest BCUT2D eigenvalue weighted by molar-refractivity contribution is -0.177. The number of unbranched alkanes of at least 4 members (excludes halogenated alkanes) is 2.